The van der Waals surface area contributed by atoms with E-state index >= 15 is 0 Å². The van der Waals surface area contributed by atoms with Gasteiger partial charge in [0.05, 0.1) is 25.9 Å². The van der Waals surface area contributed by atoms with Crippen LogP contribution in [0.25, 0.3) is 0 Å². The second kappa shape index (κ2) is 19.1. The number of carbonyl (C=O) groups is 1. The molecule has 4 aromatic carbocycles. The normalized spacial score (nSPS) is 32.6. The van der Waals surface area contributed by atoms with Gasteiger partial charge in [-0.15, -0.1) is 0 Å². The van der Waals surface area contributed by atoms with E-state index in [4.69, 9.17) is 47.4 Å². The number of methoxy groups -OCH3 is 1. The lowest BCUT2D eigenvalue weighted by Gasteiger charge is -2.52. The van der Waals surface area contributed by atoms with Gasteiger partial charge < -0.3 is 47.4 Å². The van der Waals surface area contributed by atoms with E-state index in [1.54, 1.807) is 7.11 Å². The minimum atomic E-state index is -1.75. The molecule has 0 unspecified atom stereocenters. The third-order valence-corrected chi connectivity index (χ3v) is 13.0. The van der Waals surface area contributed by atoms with Crippen LogP contribution in [0.15, 0.2) is 115 Å². The molecule has 4 heterocycles. The Kier molecular flexibility index (Phi) is 13.9. The molecule has 0 radical (unpaired) electrons. The Morgan fingerprint density at radius 2 is 1.34 bits per heavy atom. The monoisotopic (exact) mass is 938 g/mol. The Bertz CT molecular complexity index is 1980. The van der Waals surface area contributed by atoms with Crippen molar-refractivity contribution >= 4 is 39.5 Å². The third-order valence-electron chi connectivity index (χ3n) is 11.0. The summed E-state index contributed by atoms with van der Waals surface area (Å²) in [6.07, 6.45) is -6.34. The zero-order chi connectivity index (χ0) is 41.0. The number of ether oxygens (including phenoxy) is 10. The van der Waals surface area contributed by atoms with Crippen molar-refractivity contribution in [2.45, 2.75) is 113 Å². The first kappa shape index (κ1) is 42.9. The maximum absolute atomic E-state index is 14.6. The van der Waals surface area contributed by atoms with Crippen LogP contribution in [0.1, 0.15) is 43.0 Å². The molecular formula is C46H51IO11S. The van der Waals surface area contributed by atoms with E-state index in [1.807, 2.05) is 124 Å². The molecule has 13 heteroatoms. The highest BCUT2D eigenvalue weighted by atomic mass is 127. The van der Waals surface area contributed by atoms with Crippen LogP contribution in [0.3, 0.4) is 0 Å². The molecule has 8 rings (SSSR count). The van der Waals surface area contributed by atoms with Crippen LogP contribution in [0.5, 0.6) is 0 Å². The summed E-state index contributed by atoms with van der Waals surface area (Å²) in [5.74, 6) is -2.12. The highest BCUT2D eigenvalue weighted by Crippen LogP contribution is 2.45. The molecular weight excluding hydrogens is 887 g/mol. The maximum atomic E-state index is 14.6. The average molecular weight is 939 g/mol. The van der Waals surface area contributed by atoms with Crippen LogP contribution < -0.4 is 0 Å². The molecule has 314 valence electrons. The lowest BCUT2D eigenvalue weighted by atomic mass is 9.94. The molecule has 0 bridgehead atoms. The van der Waals surface area contributed by atoms with E-state index in [0.29, 0.717) is 17.7 Å². The third kappa shape index (κ3) is 9.67. The second-order valence-corrected chi connectivity index (χ2v) is 17.8. The molecule has 0 saturated carbocycles. The van der Waals surface area contributed by atoms with Gasteiger partial charge in [-0.3, -0.25) is 4.79 Å². The molecule has 59 heavy (non-hydrogen) atoms. The quantitative estimate of drug-likeness (QED) is 0.117. The predicted molar refractivity (Wildman–Crippen MR) is 228 cm³/mol. The van der Waals surface area contributed by atoms with Crippen molar-refractivity contribution in [3.05, 3.63) is 141 Å². The summed E-state index contributed by atoms with van der Waals surface area (Å²) < 4.78 is 67.1. The van der Waals surface area contributed by atoms with Crippen LogP contribution >= 0.6 is 34.4 Å². The Balaban J connectivity index is 1.13. The molecule has 4 aliphatic heterocycles. The van der Waals surface area contributed by atoms with Crippen molar-refractivity contribution in [2.75, 3.05) is 19.5 Å². The molecule has 11 atom stereocenters. The van der Waals surface area contributed by atoms with Crippen molar-refractivity contribution in [3.8, 4) is 0 Å². The fourth-order valence-electron chi connectivity index (χ4n) is 8.12. The van der Waals surface area contributed by atoms with E-state index in [0.717, 1.165) is 14.7 Å². The molecule has 11 nitrogen and oxygen atoms in total. The van der Waals surface area contributed by atoms with Gasteiger partial charge in [-0.05, 0) is 72.5 Å². The highest BCUT2D eigenvalue weighted by molar-refractivity contribution is 14.1. The lowest BCUT2D eigenvalue weighted by Crippen LogP contribution is -2.68. The van der Waals surface area contributed by atoms with Gasteiger partial charge in [0.1, 0.15) is 42.7 Å². The van der Waals surface area contributed by atoms with Gasteiger partial charge in [-0.2, -0.15) is 0 Å². The van der Waals surface area contributed by atoms with Gasteiger partial charge in [0.15, 0.2) is 18.4 Å². The lowest BCUT2D eigenvalue weighted by molar-refractivity contribution is -0.402. The number of carbonyl (C=O) groups excluding carboxylic acids is 1. The molecule has 4 saturated heterocycles. The van der Waals surface area contributed by atoms with E-state index in [2.05, 4.69) is 34.7 Å². The number of halogens is 1. The number of benzene rings is 4. The van der Waals surface area contributed by atoms with Crippen LogP contribution in [0, 0.1) is 3.57 Å². The SMILES string of the molecule is CO[C@@H]1O[C@@H](C)[C@H](O[C@@H]2O[C@@H]3CO[C@](C(=O)SCCc4ccccc4I)(c4ccccc4)O[C@H]3[C@H](OCc3ccccc3)[C@@H]2OCc2ccccc2)[C@H]2OC(C)(C)O[C@@H]12. The molecule has 0 spiro atoms. The van der Waals surface area contributed by atoms with Gasteiger partial charge in [-0.1, -0.05) is 121 Å². The summed E-state index contributed by atoms with van der Waals surface area (Å²) in [5, 5.41) is -0.261. The number of rotatable bonds is 14. The molecule has 0 aromatic heterocycles. The smallest absolute Gasteiger partial charge is 0.267 e. The van der Waals surface area contributed by atoms with Gasteiger partial charge >= 0.3 is 0 Å². The number of hydrogen-bond donors (Lipinski definition) is 0. The first-order chi connectivity index (χ1) is 28.6. The topological polar surface area (TPSA) is 109 Å². The summed E-state index contributed by atoms with van der Waals surface area (Å²) in [7, 11) is 1.59. The molecule has 4 aliphatic rings. The van der Waals surface area contributed by atoms with Gasteiger partial charge in [0.25, 0.3) is 10.9 Å². The standard InChI is InChI=1S/C46H51IO11S/c1-29-36(39-41(42(49-4)53-29)57-45(2,3)56-39)55-43-40(51-27-31-18-10-6-11-19-31)38(50-26-30-16-8-5-9-17-30)37-35(54-43)28-52-46(58-37,33-21-12-7-13-22-33)44(48)59-25-24-32-20-14-15-23-34(32)47/h5-23,29,35-43H,24-28H2,1-4H3/t29-,35+,36-,37+,38-,39+,40-,41+,42+,43-,46+/m0/s1. The van der Waals surface area contributed by atoms with E-state index in [-0.39, 0.29) is 24.9 Å². The number of fused-ring (bicyclic) bond motifs is 2. The summed E-state index contributed by atoms with van der Waals surface area (Å²) in [6.45, 7) is 6.12. The zero-order valence-corrected chi connectivity index (χ0v) is 36.5. The first-order valence-corrected chi connectivity index (χ1v) is 22.1. The second-order valence-electron chi connectivity index (χ2n) is 15.5. The highest BCUT2D eigenvalue weighted by Gasteiger charge is 2.61. The van der Waals surface area contributed by atoms with Crippen LogP contribution in [-0.4, -0.2) is 91.8 Å². The minimum absolute atomic E-state index is 0.0140. The predicted octanol–water partition coefficient (Wildman–Crippen LogP) is 7.55. The van der Waals surface area contributed by atoms with Crippen molar-refractivity contribution in [3.63, 3.8) is 0 Å². The largest absolute Gasteiger partial charge is 0.368 e. The summed E-state index contributed by atoms with van der Waals surface area (Å²) in [6, 6.07) is 37.4. The van der Waals surface area contributed by atoms with Crippen molar-refractivity contribution in [1.82, 2.24) is 0 Å². The van der Waals surface area contributed by atoms with Crippen molar-refractivity contribution < 1.29 is 52.2 Å². The summed E-state index contributed by atoms with van der Waals surface area (Å²) in [4.78, 5) is 14.6. The average Bonchev–Trinajstić information content (AvgIpc) is 3.59. The maximum Gasteiger partial charge on any atom is 0.267 e. The zero-order valence-electron chi connectivity index (χ0n) is 33.6. The summed E-state index contributed by atoms with van der Waals surface area (Å²) >= 11 is 3.53. The van der Waals surface area contributed by atoms with E-state index < -0.39 is 73.0 Å². The van der Waals surface area contributed by atoms with E-state index in [1.165, 1.54) is 17.3 Å². The van der Waals surface area contributed by atoms with Crippen LogP contribution in [-0.2, 0) is 77.6 Å². The Hall–Kier alpha value is -2.77. The molecule has 0 amide bonds. The van der Waals surface area contributed by atoms with Gasteiger partial charge in [0.2, 0.25) is 0 Å². The van der Waals surface area contributed by atoms with Crippen LogP contribution in [0.4, 0.5) is 0 Å². The minimum Gasteiger partial charge on any atom is -0.368 e. The Morgan fingerprint density at radius 1 is 0.729 bits per heavy atom. The van der Waals surface area contributed by atoms with E-state index in [9.17, 15) is 4.79 Å². The Morgan fingerprint density at radius 3 is 2.00 bits per heavy atom. The van der Waals surface area contributed by atoms with Gasteiger partial charge in [-0.25, -0.2) is 0 Å². The van der Waals surface area contributed by atoms with Crippen molar-refractivity contribution in [2.24, 2.45) is 0 Å². The molecule has 0 aliphatic carbocycles. The fourth-order valence-corrected chi connectivity index (χ4v) is 9.70. The molecule has 0 N–H and O–H groups in total. The molecule has 4 aromatic rings. The molecule has 4 fully saturated rings. The number of aryl methyl sites for hydroxylation is 1. The van der Waals surface area contributed by atoms with Gasteiger partial charge in [0, 0.05) is 22.0 Å². The fraction of sp³-hybridized carbons (Fsp3) is 0.457. The van der Waals surface area contributed by atoms with Crippen LogP contribution in [0.2, 0.25) is 0 Å². The number of thioether (sulfide) groups is 1. The Labute approximate surface area is 363 Å². The number of hydrogen-bond acceptors (Lipinski definition) is 12. The van der Waals surface area contributed by atoms with Crippen molar-refractivity contribution in [1.29, 1.82) is 0 Å². The summed E-state index contributed by atoms with van der Waals surface area (Å²) in [5.41, 5.74) is 3.67. The first-order valence-electron chi connectivity index (χ1n) is 20.1.